The van der Waals surface area contributed by atoms with Crippen LogP contribution in [0.3, 0.4) is 0 Å². The summed E-state index contributed by atoms with van der Waals surface area (Å²) in [6.45, 7) is 0. The first-order valence-electron chi connectivity index (χ1n) is 5.34. The van der Waals surface area contributed by atoms with Crippen molar-refractivity contribution in [3.8, 4) is 0 Å². The number of amides is 1. The summed E-state index contributed by atoms with van der Waals surface area (Å²) < 4.78 is 24.6. The first-order valence-corrected chi connectivity index (χ1v) is 5.34. The van der Waals surface area contributed by atoms with E-state index in [0.29, 0.717) is 5.69 Å². The lowest BCUT2D eigenvalue weighted by atomic mass is 10.2. The molecular weight excluding hydrogens is 240 g/mol. The highest BCUT2D eigenvalue weighted by molar-refractivity contribution is 6.04. The van der Waals surface area contributed by atoms with Gasteiger partial charge < -0.3 is 5.32 Å². The third-order valence-electron chi connectivity index (χ3n) is 2.34. The fourth-order valence-corrected chi connectivity index (χ4v) is 1.54. The van der Waals surface area contributed by atoms with Crippen LogP contribution in [0.25, 0.3) is 0 Å². The van der Waals surface area contributed by atoms with Crippen molar-refractivity contribution in [1.29, 1.82) is 0 Å². The minimum Gasteiger partial charge on any atom is -0.322 e. The second kappa shape index (κ2) is 5.39. The van der Waals surface area contributed by atoms with Crippen LogP contribution in [0.15, 0.2) is 36.5 Å². The molecule has 0 aliphatic heterocycles. The van der Waals surface area contributed by atoms with Gasteiger partial charge in [0.15, 0.2) is 0 Å². The van der Waals surface area contributed by atoms with Crippen LogP contribution in [0.5, 0.6) is 0 Å². The van der Waals surface area contributed by atoms with Gasteiger partial charge in [-0.15, -0.1) is 0 Å². The van der Waals surface area contributed by atoms with E-state index >= 15 is 0 Å². The van der Waals surface area contributed by atoms with Gasteiger partial charge in [0.25, 0.3) is 5.91 Å². The van der Waals surface area contributed by atoms with Gasteiger partial charge in [0.05, 0.1) is 17.7 Å². The molecule has 0 aliphatic carbocycles. The molecule has 0 atom stereocenters. The molecular formula is C12H11F2N3O. The van der Waals surface area contributed by atoms with Crippen LogP contribution in [0.2, 0.25) is 0 Å². The summed E-state index contributed by atoms with van der Waals surface area (Å²) in [4.78, 5) is 11.9. The Morgan fingerprint density at radius 3 is 2.72 bits per heavy atom. The van der Waals surface area contributed by atoms with Gasteiger partial charge in [-0.3, -0.25) is 9.89 Å². The van der Waals surface area contributed by atoms with Crippen LogP contribution in [-0.4, -0.2) is 22.5 Å². The molecule has 1 amide bonds. The van der Waals surface area contributed by atoms with E-state index in [4.69, 9.17) is 0 Å². The summed E-state index contributed by atoms with van der Waals surface area (Å²) in [5, 5.41) is 8.69. The Hall–Kier alpha value is -2.24. The molecule has 0 saturated carbocycles. The molecule has 0 spiro atoms. The van der Waals surface area contributed by atoms with Gasteiger partial charge in [-0.05, 0) is 12.1 Å². The Bertz CT molecular complexity index is 525. The van der Waals surface area contributed by atoms with Crippen molar-refractivity contribution in [3.63, 3.8) is 0 Å². The van der Waals surface area contributed by atoms with E-state index in [0.717, 1.165) is 0 Å². The molecule has 2 aromatic rings. The molecule has 18 heavy (non-hydrogen) atoms. The van der Waals surface area contributed by atoms with E-state index < -0.39 is 18.8 Å². The lowest BCUT2D eigenvalue weighted by Crippen LogP contribution is -2.14. The fraction of sp³-hybridized carbons (Fsp3) is 0.167. The van der Waals surface area contributed by atoms with E-state index in [1.165, 1.54) is 6.20 Å². The molecule has 0 saturated heterocycles. The summed E-state index contributed by atoms with van der Waals surface area (Å²) >= 11 is 0. The van der Waals surface area contributed by atoms with Crippen molar-refractivity contribution in [1.82, 2.24) is 10.2 Å². The van der Waals surface area contributed by atoms with Crippen LogP contribution in [0, 0.1) is 0 Å². The van der Waals surface area contributed by atoms with Crippen LogP contribution in [0.1, 0.15) is 16.1 Å². The van der Waals surface area contributed by atoms with Gasteiger partial charge >= 0.3 is 0 Å². The number of anilines is 1. The predicted molar refractivity (Wildman–Crippen MR) is 62.7 cm³/mol. The third-order valence-corrected chi connectivity index (χ3v) is 2.34. The molecule has 1 aromatic heterocycles. The van der Waals surface area contributed by atoms with Crippen molar-refractivity contribution in [2.45, 2.75) is 12.8 Å². The Kier molecular flexibility index (Phi) is 3.66. The number of carbonyl (C=O) groups is 1. The topological polar surface area (TPSA) is 57.8 Å². The van der Waals surface area contributed by atoms with Crippen molar-refractivity contribution in [2.75, 3.05) is 5.32 Å². The molecule has 1 aromatic carbocycles. The maximum absolute atomic E-state index is 12.3. The van der Waals surface area contributed by atoms with Crippen molar-refractivity contribution in [2.24, 2.45) is 0 Å². The predicted octanol–water partition coefficient (Wildman–Crippen LogP) is 2.47. The Morgan fingerprint density at radius 1 is 1.33 bits per heavy atom. The van der Waals surface area contributed by atoms with Crippen LogP contribution >= 0.6 is 0 Å². The highest BCUT2D eigenvalue weighted by atomic mass is 19.3. The second-order valence-corrected chi connectivity index (χ2v) is 3.66. The lowest BCUT2D eigenvalue weighted by Gasteiger charge is -2.04. The number of hydrogen-bond donors (Lipinski definition) is 2. The molecule has 0 bridgehead atoms. The van der Waals surface area contributed by atoms with Gasteiger partial charge in [0.2, 0.25) is 6.43 Å². The SMILES string of the molecule is O=C(Nc1ccccc1)c1c[nH]nc1CC(F)F. The van der Waals surface area contributed by atoms with Gasteiger partial charge in [-0.2, -0.15) is 5.10 Å². The number of hydrogen-bond acceptors (Lipinski definition) is 2. The minimum absolute atomic E-state index is 0.0680. The molecule has 2 N–H and O–H groups in total. The molecule has 0 radical (unpaired) electrons. The third kappa shape index (κ3) is 2.91. The normalized spacial score (nSPS) is 10.6. The van der Waals surface area contributed by atoms with E-state index in [-0.39, 0.29) is 11.3 Å². The number of nitrogens with zero attached hydrogens (tertiary/aromatic N) is 1. The molecule has 0 unspecified atom stereocenters. The van der Waals surface area contributed by atoms with Gasteiger partial charge in [0, 0.05) is 11.9 Å². The fourth-order valence-electron chi connectivity index (χ4n) is 1.54. The number of aromatic nitrogens is 2. The maximum atomic E-state index is 12.3. The number of nitrogens with one attached hydrogen (secondary N) is 2. The zero-order chi connectivity index (χ0) is 13.0. The summed E-state index contributed by atoms with van der Waals surface area (Å²) in [6, 6.07) is 8.78. The highest BCUT2D eigenvalue weighted by Gasteiger charge is 2.17. The number of H-pyrrole nitrogens is 1. The van der Waals surface area contributed by atoms with E-state index in [9.17, 15) is 13.6 Å². The number of para-hydroxylation sites is 1. The van der Waals surface area contributed by atoms with E-state index in [1.807, 2.05) is 6.07 Å². The Labute approximate surface area is 102 Å². The zero-order valence-corrected chi connectivity index (χ0v) is 9.36. The molecule has 4 nitrogen and oxygen atoms in total. The minimum atomic E-state index is -2.53. The molecule has 1 heterocycles. The van der Waals surface area contributed by atoms with Gasteiger partial charge in [-0.1, -0.05) is 18.2 Å². The van der Waals surface area contributed by atoms with Crippen LogP contribution in [-0.2, 0) is 6.42 Å². The second-order valence-electron chi connectivity index (χ2n) is 3.66. The van der Waals surface area contributed by atoms with Crippen LogP contribution < -0.4 is 5.32 Å². The Balaban J connectivity index is 2.12. The van der Waals surface area contributed by atoms with Crippen LogP contribution in [0.4, 0.5) is 14.5 Å². The van der Waals surface area contributed by atoms with E-state index in [2.05, 4.69) is 15.5 Å². The largest absolute Gasteiger partial charge is 0.322 e. The standard InChI is InChI=1S/C12H11F2N3O/c13-11(14)6-10-9(7-15-17-10)12(18)16-8-4-2-1-3-5-8/h1-5,7,11H,6H2,(H,15,17)(H,16,18). The van der Waals surface area contributed by atoms with Crippen molar-refractivity contribution in [3.05, 3.63) is 47.8 Å². The molecule has 0 fully saturated rings. The van der Waals surface area contributed by atoms with Crippen molar-refractivity contribution < 1.29 is 13.6 Å². The maximum Gasteiger partial charge on any atom is 0.259 e. The number of benzene rings is 1. The monoisotopic (exact) mass is 251 g/mol. The first-order chi connectivity index (χ1) is 8.66. The number of carbonyl (C=O) groups excluding carboxylic acids is 1. The number of alkyl halides is 2. The number of rotatable bonds is 4. The smallest absolute Gasteiger partial charge is 0.259 e. The van der Waals surface area contributed by atoms with E-state index in [1.54, 1.807) is 24.3 Å². The average molecular weight is 251 g/mol. The lowest BCUT2D eigenvalue weighted by molar-refractivity contribution is 0.102. The Morgan fingerprint density at radius 2 is 2.06 bits per heavy atom. The van der Waals surface area contributed by atoms with Crippen molar-refractivity contribution >= 4 is 11.6 Å². The quantitative estimate of drug-likeness (QED) is 0.877. The zero-order valence-electron chi connectivity index (χ0n) is 9.36. The number of aromatic amines is 1. The van der Waals surface area contributed by atoms with Gasteiger partial charge in [-0.25, -0.2) is 8.78 Å². The molecule has 0 aliphatic rings. The molecule has 6 heteroatoms. The summed E-state index contributed by atoms with van der Waals surface area (Å²) in [6.07, 6.45) is -1.76. The number of halogens is 2. The first kappa shape index (κ1) is 12.2. The summed E-state index contributed by atoms with van der Waals surface area (Å²) in [5.74, 6) is -0.453. The molecule has 94 valence electrons. The highest BCUT2D eigenvalue weighted by Crippen LogP contribution is 2.13. The average Bonchev–Trinajstić information content (AvgIpc) is 2.77. The van der Waals surface area contributed by atoms with Gasteiger partial charge in [0.1, 0.15) is 0 Å². The molecule has 2 rings (SSSR count). The summed E-state index contributed by atoms with van der Waals surface area (Å²) in [5.41, 5.74) is 0.810. The summed E-state index contributed by atoms with van der Waals surface area (Å²) in [7, 11) is 0.